The van der Waals surface area contributed by atoms with Crippen LogP contribution in [0.3, 0.4) is 0 Å². The standard InChI is InChI=1S/C20H27N3O2/c1-3-21-20(22-14-17-9-11-19(25-2)12-10-17)23-15-18(24)13-16-7-5-4-6-8-16/h4-12,18,24H,3,13-15H2,1-2H3,(H2,21,22,23). The number of methoxy groups -OCH3 is 1. The van der Waals surface area contributed by atoms with Gasteiger partial charge in [0.15, 0.2) is 5.96 Å². The third kappa shape index (κ3) is 6.85. The monoisotopic (exact) mass is 341 g/mol. The summed E-state index contributed by atoms with van der Waals surface area (Å²) in [6.07, 6.45) is 0.151. The lowest BCUT2D eigenvalue weighted by atomic mass is 10.1. The molecule has 0 aromatic heterocycles. The van der Waals surface area contributed by atoms with E-state index >= 15 is 0 Å². The number of nitrogens with zero attached hydrogens (tertiary/aromatic N) is 1. The van der Waals surface area contributed by atoms with Gasteiger partial charge in [0.05, 0.1) is 19.8 Å². The van der Waals surface area contributed by atoms with Gasteiger partial charge in [0.2, 0.25) is 0 Å². The first-order valence-electron chi connectivity index (χ1n) is 8.58. The first-order chi connectivity index (χ1) is 12.2. The van der Waals surface area contributed by atoms with Gasteiger partial charge in [-0.2, -0.15) is 0 Å². The molecule has 1 unspecified atom stereocenters. The van der Waals surface area contributed by atoms with Crippen LogP contribution in [0.1, 0.15) is 18.1 Å². The van der Waals surface area contributed by atoms with E-state index in [0.717, 1.165) is 23.4 Å². The third-order valence-corrected chi connectivity index (χ3v) is 3.74. The van der Waals surface area contributed by atoms with Crippen molar-refractivity contribution in [2.24, 2.45) is 4.99 Å². The van der Waals surface area contributed by atoms with E-state index in [1.54, 1.807) is 7.11 Å². The lowest BCUT2D eigenvalue weighted by molar-refractivity contribution is 0.177. The first-order valence-corrected chi connectivity index (χ1v) is 8.58. The van der Waals surface area contributed by atoms with Crippen LogP contribution in [0.4, 0.5) is 0 Å². The average Bonchev–Trinajstić information content (AvgIpc) is 2.65. The number of aliphatic hydroxyl groups excluding tert-OH is 1. The number of ether oxygens (including phenoxy) is 1. The van der Waals surface area contributed by atoms with Crippen molar-refractivity contribution >= 4 is 5.96 Å². The number of nitrogens with one attached hydrogen (secondary N) is 2. The maximum absolute atomic E-state index is 10.2. The van der Waals surface area contributed by atoms with Gasteiger partial charge in [-0.3, -0.25) is 0 Å². The predicted octanol–water partition coefficient (Wildman–Crippen LogP) is 2.35. The van der Waals surface area contributed by atoms with E-state index in [9.17, 15) is 5.11 Å². The molecule has 0 heterocycles. The number of aliphatic imine (C=N–C) groups is 1. The Morgan fingerprint density at radius 1 is 1.04 bits per heavy atom. The lowest BCUT2D eigenvalue weighted by Crippen LogP contribution is -2.41. The maximum Gasteiger partial charge on any atom is 0.191 e. The van der Waals surface area contributed by atoms with Crippen molar-refractivity contribution in [1.29, 1.82) is 0 Å². The largest absolute Gasteiger partial charge is 0.497 e. The van der Waals surface area contributed by atoms with E-state index in [1.807, 2.05) is 61.5 Å². The second-order valence-electron chi connectivity index (χ2n) is 5.77. The zero-order chi connectivity index (χ0) is 17.9. The molecule has 0 bridgehead atoms. The summed E-state index contributed by atoms with van der Waals surface area (Å²) in [5, 5.41) is 16.6. The SMILES string of the molecule is CCNC(=NCc1ccc(OC)cc1)NCC(O)Cc1ccccc1. The Kier molecular flexibility index (Phi) is 7.79. The normalized spacial score (nSPS) is 12.5. The average molecular weight is 341 g/mol. The van der Waals surface area contributed by atoms with Gasteiger partial charge in [0.1, 0.15) is 5.75 Å². The highest BCUT2D eigenvalue weighted by Crippen LogP contribution is 2.11. The fraction of sp³-hybridized carbons (Fsp3) is 0.350. The molecule has 0 amide bonds. The highest BCUT2D eigenvalue weighted by molar-refractivity contribution is 5.79. The molecule has 2 rings (SSSR count). The number of aliphatic hydroxyl groups is 1. The van der Waals surface area contributed by atoms with Crippen LogP contribution >= 0.6 is 0 Å². The Morgan fingerprint density at radius 2 is 1.76 bits per heavy atom. The molecule has 0 spiro atoms. The summed E-state index contributed by atoms with van der Waals surface area (Å²) < 4.78 is 5.16. The summed E-state index contributed by atoms with van der Waals surface area (Å²) in [6.45, 7) is 3.80. The zero-order valence-corrected chi connectivity index (χ0v) is 14.9. The molecule has 3 N–H and O–H groups in total. The highest BCUT2D eigenvalue weighted by atomic mass is 16.5. The van der Waals surface area contributed by atoms with E-state index in [0.29, 0.717) is 25.5 Å². The summed E-state index contributed by atoms with van der Waals surface area (Å²) in [5.74, 6) is 1.53. The van der Waals surface area contributed by atoms with Gasteiger partial charge in [0.25, 0.3) is 0 Å². The molecule has 5 heteroatoms. The summed E-state index contributed by atoms with van der Waals surface area (Å²) in [4.78, 5) is 4.56. The van der Waals surface area contributed by atoms with Gasteiger partial charge in [-0.25, -0.2) is 4.99 Å². The molecular formula is C20H27N3O2. The number of guanidine groups is 1. The molecule has 134 valence electrons. The quantitative estimate of drug-likeness (QED) is 0.509. The molecule has 0 saturated heterocycles. The highest BCUT2D eigenvalue weighted by Gasteiger charge is 2.07. The van der Waals surface area contributed by atoms with Crippen LogP contribution in [-0.2, 0) is 13.0 Å². The van der Waals surface area contributed by atoms with Gasteiger partial charge in [-0.05, 0) is 30.2 Å². The van der Waals surface area contributed by atoms with E-state index < -0.39 is 6.10 Å². The Hall–Kier alpha value is -2.53. The Morgan fingerprint density at radius 3 is 2.40 bits per heavy atom. The molecule has 0 aliphatic rings. The maximum atomic E-state index is 10.2. The molecule has 25 heavy (non-hydrogen) atoms. The summed E-state index contributed by atoms with van der Waals surface area (Å²) in [7, 11) is 1.65. The zero-order valence-electron chi connectivity index (χ0n) is 14.9. The predicted molar refractivity (Wildman–Crippen MR) is 102 cm³/mol. The van der Waals surface area contributed by atoms with Gasteiger partial charge in [-0.1, -0.05) is 42.5 Å². The van der Waals surface area contributed by atoms with Crippen molar-refractivity contribution in [3.8, 4) is 5.75 Å². The summed E-state index contributed by atoms with van der Waals surface area (Å²) in [6, 6.07) is 17.8. The van der Waals surface area contributed by atoms with E-state index in [4.69, 9.17) is 4.74 Å². The third-order valence-electron chi connectivity index (χ3n) is 3.74. The van der Waals surface area contributed by atoms with E-state index in [2.05, 4.69) is 15.6 Å². The van der Waals surface area contributed by atoms with E-state index in [-0.39, 0.29) is 0 Å². The number of rotatable bonds is 8. The van der Waals surface area contributed by atoms with Gasteiger partial charge >= 0.3 is 0 Å². The lowest BCUT2D eigenvalue weighted by Gasteiger charge is -2.15. The van der Waals surface area contributed by atoms with Crippen LogP contribution in [0.15, 0.2) is 59.6 Å². The minimum atomic E-state index is -0.466. The molecule has 5 nitrogen and oxygen atoms in total. The van der Waals surface area contributed by atoms with Crippen LogP contribution in [0.2, 0.25) is 0 Å². The van der Waals surface area contributed by atoms with E-state index in [1.165, 1.54) is 0 Å². The Bertz CT molecular complexity index is 642. The van der Waals surface area contributed by atoms with Crippen molar-refractivity contribution in [3.05, 3.63) is 65.7 Å². The molecule has 0 saturated carbocycles. The van der Waals surface area contributed by atoms with Crippen LogP contribution in [0, 0.1) is 0 Å². The fourth-order valence-electron chi connectivity index (χ4n) is 2.42. The molecule has 2 aromatic rings. The minimum absolute atomic E-state index is 0.448. The van der Waals surface area contributed by atoms with Crippen LogP contribution < -0.4 is 15.4 Å². The molecule has 0 fully saturated rings. The van der Waals surface area contributed by atoms with Crippen LogP contribution in [0.25, 0.3) is 0 Å². The molecule has 0 radical (unpaired) electrons. The number of hydrogen-bond acceptors (Lipinski definition) is 3. The Balaban J connectivity index is 1.86. The number of benzene rings is 2. The summed E-state index contributed by atoms with van der Waals surface area (Å²) >= 11 is 0. The second kappa shape index (κ2) is 10.4. The smallest absolute Gasteiger partial charge is 0.191 e. The van der Waals surface area contributed by atoms with Gasteiger partial charge in [-0.15, -0.1) is 0 Å². The van der Waals surface area contributed by atoms with Crippen molar-refractivity contribution in [1.82, 2.24) is 10.6 Å². The van der Waals surface area contributed by atoms with Gasteiger partial charge < -0.3 is 20.5 Å². The van der Waals surface area contributed by atoms with Crippen molar-refractivity contribution in [2.75, 3.05) is 20.2 Å². The molecule has 0 aliphatic heterocycles. The van der Waals surface area contributed by atoms with Crippen LogP contribution in [-0.4, -0.2) is 37.4 Å². The Labute approximate surface area is 149 Å². The topological polar surface area (TPSA) is 65.9 Å². The minimum Gasteiger partial charge on any atom is -0.497 e. The van der Waals surface area contributed by atoms with Gasteiger partial charge in [0, 0.05) is 19.5 Å². The molecule has 2 aromatic carbocycles. The second-order valence-corrected chi connectivity index (χ2v) is 5.77. The molecule has 1 atom stereocenters. The molecular weight excluding hydrogens is 314 g/mol. The van der Waals surface area contributed by atoms with Crippen molar-refractivity contribution in [2.45, 2.75) is 26.0 Å². The molecule has 0 aliphatic carbocycles. The van der Waals surface area contributed by atoms with Crippen molar-refractivity contribution < 1.29 is 9.84 Å². The first kappa shape index (κ1) is 18.8. The summed E-state index contributed by atoms with van der Waals surface area (Å²) in [5.41, 5.74) is 2.22. The fourth-order valence-corrected chi connectivity index (χ4v) is 2.42. The number of hydrogen-bond donors (Lipinski definition) is 3. The van der Waals surface area contributed by atoms with Crippen molar-refractivity contribution in [3.63, 3.8) is 0 Å². The van der Waals surface area contributed by atoms with Crippen LogP contribution in [0.5, 0.6) is 5.75 Å².